The van der Waals surface area contributed by atoms with Crippen LogP contribution in [-0.4, -0.2) is 30.3 Å². The van der Waals surface area contributed by atoms with E-state index >= 15 is 0 Å². The Bertz CT molecular complexity index is 762. The average molecular weight is 347 g/mol. The van der Waals surface area contributed by atoms with Crippen molar-refractivity contribution in [1.82, 2.24) is 0 Å². The molecule has 0 aromatic heterocycles. The Morgan fingerprint density at radius 2 is 2.04 bits per heavy atom. The molecule has 0 radical (unpaired) electrons. The number of hydrogen-bond acceptors (Lipinski definition) is 5. The number of nitrogens with zero attached hydrogens (tertiary/aromatic N) is 2. The van der Waals surface area contributed by atoms with E-state index < -0.39 is 16.9 Å². The summed E-state index contributed by atoms with van der Waals surface area (Å²) in [7, 11) is 1.29. The number of benzene rings is 2. The first-order valence-electron chi connectivity index (χ1n) is 7.10. The van der Waals surface area contributed by atoms with Crippen LogP contribution in [-0.2, 0) is 16.0 Å². The van der Waals surface area contributed by atoms with Gasteiger partial charge in [0.05, 0.1) is 12.0 Å². The van der Waals surface area contributed by atoms with Gasteiger partial charge in [-0.25, -0.2) is 4.79 Å². The molecule has 0 amide bonds. The van der Waals surface area contributed by atoms with Crippen molar-refractivity contribution in [3.05, 3.63) is 74.8 Å². The molecule has 124 valence electrons. The number of rotatable bonds is 6. The molecule has 0 heterocycles. The second-order valence-electron chi connectivity index (χ2n) is 4.97. The van der Waals surface area contributed by atoms with Crippen LogP contribution in [0, 0.1) is 10.1 Å². The fraction of sp³-hybridized carbons (Fsp3) is 0.176. The Morgan fingerprint density at radius 3 is 2.67 bits per heavy atom. The predicted octanol–water partition coefficient (Wildman–Crippen LogP) is 3.45. The Kier molecular flexibility index (Phi) is 6.03. The van der Waals surface area contributed by atoms with Crippen molar-refractivity contribution in [2.75, 3.05) is 7.11 Å². The van der Waals surface area contributed by atoms with Gasteiger partial charge in [0.25, 0.3) is 5.69 Å². The van der Waals surface area contributed by atoms with Crippen molar-refractivity contribution < 1.29 is 14.5 Å². The molecule has 6 nitrogen and oxygen atoms in total. The lowest BCUT2D eigenvalue weighted by Crippen LogP contribution is -2.23. The van der Waals surface area contributed by atoms with Crippen LogP contribution < -0.4 is 0 Å². The van der Waals surface area contributed by atoms with Crippen molar-refractivity contribution in [3.8, 4) is 0 Å². The fourth-order valence-corrected chi connectivity index (χ4v) is 2.25. The number of aliphatic imine (C=N–C) groups is 1. The largest absolute Gasteiger partial charge is 0.467 e. The summed E-state index contributed by atoms with van der Waals surface area (Å²) in [6, 6.07) is 12.7. The topological polar surface area (TPSA) is 81.8 Å². The first-order chi connectivity index (χ1) is 11.5. The second-order valence-corrected chi connectivity index (χ2v) is 5.38. The highest BCUT2D eigenvalue weighted by Gasteiger charge is 2.18. The van der Waals surface area contributed by atoms with Gasteiger partial charge in [-0.1, -0.05) is 41.9 Å². The average Bonchev–Trinajstić information content (AvgIpc) is 2.59. The molecule has 0 bridgehead atoms. The van der Waals surface area contributed by atoms with E-state index in [1.54, 1.807) is 0 Å². The lowest BCUT2D eigenvalue weighted by Gasteiger charge is -2.10. The molecule has 24 heavy (non-hydrogen) atoms. The van der Waals surface area contributed by atoms with Crippen molar-refractivity contribution in [2.45, 2.75) is 12.5 Å². The smallest absolute Gasteiger partial charge is 0.330 e. The minimum atomic E-state index is -0.757. The molecule has 1 atom stereocenters. The number of carbonyl (C=O) groups excluding carboxylic acids is 1. The van der Waals surface area contributed by atoms with Crippen molar-refractivity contribution in [3.63, 3.8) is 0 Å². The van der Waals surface area contributed by atoms with Gasteiger partial charge < -0.3 is 4.74 Å². The zero-order valence-electron chi connectivity index (χ0n) is 12.9. The highest BCUT2D eigenvalue weighted by atomic mass is 35.5. The maximum Gasteiger partial charge on any atom is 0.330 e. The minimum Gasteiger partial charge on any atom is -0.467 e. The number of nitro groups is 1. The molecule has 0 saturated carbocycles. The molecule has 0 unspecified atom stereocenters. The van der Waals surface area contributed by atoms with Crippen LogP contribution in [0.3, 0.4) is 0 Å². The molecular formula is C17H15ClN2O4. The van der Waals surface area contributed by atoms with Crippen LogP contribution in [0.25, 0.3) is 0 Å². The second kappa shape index (κ2) is 8.21. The zero-order chi connectivity index (χ0) is 17.5. The normalized spacial score (nSPS) is 12.1. The van der Waals surface area contributed by atoms with Gasteiger partial charge in [-0.3, -0.25) is 15.1 Å². The SMILES string of the molecule is COC(=O)[C@H](Cc1ccccc1)N=Cc1cc([N+](=O)[O-])ccc1Cl. The Hall–Kier alpha value is -2.73. The van der Waals surface area contributed by atoms with E-state index in [4.69, 9.17) is 16.3 Å². The molecule has 7 heteroatoms. The third kappa shape index (κ3) is 4.63. The summed E-state index contributed by atoms with van der Waals surface area (Å²) in [4.78, 5) is 26.5. The minimum absolute atomic E-state index is 0.0986. The zero-order valence-corrected chi connectivity index (χ0v) is 13.6. The van der Waals surface area contributed by atoms with Gasteiger partial charge in [0.15, 0.2) is 6.04 Å². The standard InChI is InChI=1S/C17H15ClN2O4/c1-24-17(21)16(9-12-5-3-2-4-6-12)19-11-13-10-14(20(22)23)7-8-15(13)18/h2-8,10-11,16H,9H2,1H3/t16-/m0/s1. The van der Waals surface area contributed by atoms with Gasteiger partial charge in [0.2, 0.25) is 0 Å². The summed E-state index contributed by atoms with van der Waals surface area (Å²) in [5.74, 6) is -0.489. The first kappa shape index (κ1) is 17.6. The third-order valence-corrected chi connectivity index (χ3v) is 3.67. The molecule has 0 aliphatic carbocycles. The van der Waals surface area contributed by atoms with Crippen LogP contribution in [0.4, 0.5) is 5.69 Å². The molecule has 2 aromatic carbocycles. The van der Waals surface area contributed by atoms with E-state index in [0.29, 0.717) is 17.0 Å². The van der Waals surface area contributed by atoms with Crippen molar-refractivity contribution in [1.29, 1.82) is 0 Å². The summed E-state index contributed by atoms with van der Waals surface area (Å²) >= 11 is 6.03. The lowest BCUT2D eigenvalue weighted by molar-refractivity contribution is -0.384. The molecule has 0 fully saturated rings. The molecule has 0 aliphatic heterocycles. The summed E-state index contributed by atoms with van der Waals surface area (Å²) in [5.41, 5.74) is 1.20. The molecule has 2 aromatic rings. The number of non-ortho nitro benzene ring substituents is 1. The molecular weight excluding hydrogens is 332 g/mol. The van der Waals surface area contributed by atoms with Gasteiger partial charge in [0.1, 0.15) is 0 Å². The Balaban J connectivity index is 2.26. The highest BCUT2D eigenvalue weighted by Crippen LogP contribution is 2.21. The maximum absolute atomic E-state index is 11.9. The number of hydrogen-bond donors (Lipinski definition) is 0. The Morgan fingerprint density at radius 1 is 1.33 bits per heavy atom. The van der Waals surface area contributed by atoms with Crippen LogP contribution in [0.15, 0.2) is 53.5 Å². The van der Waals surface area contributed by atoms with E-state index in [2.05, 4.69) is 4.99 Å². The van der Waals surface area contributed by atoms with Crippen LogP contribution >= 0.6 is 11.6 Å². The molecule has 0 aliphatic rings. The van der Waals surface area contributed by atoms with E-state index in [-0.39, 0.29) is 5.69 Å². The van der Waals surface area contributed by atoms with Crippen LogP contribution in [0.2, 0.25) is 5.02 Å². The van der Waals surface area contributed by atoms with E-state index in [1.165, 1.54) is 31.5 Å². The number of halogens is 1. The Labute approximate surface area is 143 Å². The molecule has 2 rings (SSSR count). The number of esters is 1. The number of carbonyl (C=O) groups is 1. The molecule has 0 spiro atoms. The first-order valence-corrected chi connectivity index (χ1v) is 7.48. The molecule has 0 N–H and O–H groups in total. The van der Waals surface area contributed by atoms with E-state index in [0.717, 1.165) is 5.56 Å². The highest BCUT2D eigenvalue weighted by molar-refractivity contribution is 6.33. The molecule has 0 saturated heterocycles. The van der Waals surface area contributed by atoms with E-state index in [1.807, 2.05) is 30.3 Å². The fourth-order valence-electron chi connectivity index (χ4n) is 2.08. The quantitative estimate of drug-likeness (QED) is 0.347. The third-order valence-electron chi connectivity index (χ3n) is 3.33. The van der Waals surface area contributed by atoms with Gasteiger partial charge in [-0.15, -0.1) is 0 Å². The van der Waals surface area contributed by atoms with Crippen LogP contribution in [0.1, 0.15) is 11.1 Å². The number of nitro benzene ring substituents is 1. The predicted molar refractivity (Wildman–Crippen MR) is 91.7 cm³/mol. The van der Waals surface area contributed by atoms with Gasteiger partial charge in [-0.05, 0) is 11.6 Å². The van der Waals surface area contributed by atoms with Crippen LogP contribution in [0.5, 0.6) is 0 Å². The van der Waals surface area contributed by atoms with Gasteiger partial charge in [0, 0.05) is 35.4 Å². The number of methoxy groups -OCH3 is 1. The number of ether oxygens (including phenoxy) is 1. The van der Waals surface area contributed by atoms with E-state index in [9.17, 15) is 14.9 Å². The van der Waals surface area contributed by atoms with Gasteiger partial charge in [-0.2, -0.15) is 0 Å². The summed E-state index contributed by atoms with van der Waals surface area (Å²) in [5, 5.41) is 11.2. The summed E-state index contributed by atoms with van der Waals surface area (Å²) < 4.78 is 4.77. The van der Waals surface area contributed by atoms with Gasteiger partial charge >= 0.3 is 5.97 Å². The maximum atomic E-state index is 11.9. The summed E-state index contributed by atoms with van der Waals surface area (Å²) in [6.07, 6.45) is 1.72. The van der Waals surface area contributed by atoms with Crippen molar-refractivity contribution in [2.24, 2.45) is 4.99 Å². The summed E-state index contributed by atoms with van der Waals surface area (Å²) in [6.45, 7) is 0. The van der Waals surface area contributed by atoms with Crippen molar-refractivity contribution >= 4 is 29.5 Å². The lowest BCUT2D eigenvalue weighted by atomic mass is 10.1. The monoisotopic (exact) mass is 346 g/mol.